The Morgan fingerprint density at radius 2 is 2.10 bits per heavy atom. The monoisotopic (exact) mass is 315 g/mol. The molecule has 2 rings (SSSR count). The Hall–Kier alpha value is -1.37. The van der Waals surface area contributed by atoms with E-state index in [9.17, 15) is 13.2 Å². The Morgan fingerprint density at radius 3 is 2.75 bits per heavy atom. The normalized spacial score (nSPS) is 19.4. The van der Waals surface area contributed by atoms with Gasteiger partial charge in [0.25, 0.3) is 0 Å². The summed E-state index contributed by atoms with van der Waals surface area (Å²) in [7, 11) is -3.64. The highest BCUT2D eigenvalue weighted by Crippen LogP contribution is 2.19. The number of aliphatic carboxylic acids is 1. The highest BCUT2D eigenvalue weighted by molar-refractivity contribution is 7.89. The van der Waals surface area contributed by atoms with Gasteiger partial charge in [-0.3, -0.25) is 4.79 Å². The molecule has 5 nitrogen and oxygen atoms in total. The number of benzene rings is 1. The lowest BCUT2D eigenvalue weighted by Gasteiger charge is -2.20. The van der Waals surface area contributed by atoms with E-state index in [1.54, 1.807) is 30.3 Å². The van der Waals surface area contributed by atoms with Gasteiger partial charge in [-0.1, -0.05) is 42.0 Å². The fraction of sp³-hybridized carbons (Fsp3) is 0.308. The van der Waals surface area contributed by atoms with Crippen LogP contribution in [0.3, 0.4) is 0 Å². The Labute approximate surface area is 122 Å². The third-order valence-electron chi connectivity index (χ3n) is 3.11. The van der Waals surface area contributed by atoms with Gasteiger partial charge in [0.05, 0.1) is 5.75 Å². The van der Waals surface area contributed by atoms with Crippen LogP contribution in [-0.2, 0) is 21.2 Å². The van der Waals surface area contributed by atoms with Crippen molar-refractivity contribution in [3.8, 4) is 0 Å². The van der Waals surface area contributed by atoms with Gasteiger partial charge >= 0.3 is 5.97 Å². The summed E-state index contributed by atoms with van der Waals surface area (Å²) in [5.74, 6) is -1.33. The number of hydrogen-bond acceptors (Lipinski definition) is 3. The van der Waals surface area contributed by atoms with E-state index in [0.29, 0.717) is 5.02 Å². The van der Waals surface area contributed by atoms with Crippen LogP contribution in [0.5, 0.6) is 0 Å². The van der Waals surface area contributed by atoms with Gasteiger partial charge in [0, 0.05) is 11.6 Å². The van der Waals surface area contributed by atoms with E-state index in [1.165, 1.54) is 6.08 Å². The quantitative estimate of drug-likeness (QED) is 0.836. The maximum Gasteiger partial charge on any atom is 0.325 e. The fourth-order valence-corrected chi connectivity index (χ4v) is 3.81. The van der Waals surface area contributed by atoms with Crippen molar-refractivity contribution in [2.24, 2.45) is 0 Å². The number of carboxylic acid groups (broad SMARTS) is 1. The summed E-state index contributed by atoms with van der Waals surface area (Å²) in [6.45, 7) is 0.0990. The van der Waals surface area contributed by atoms with Crippen LogP contribution in [0.2, 0.25) is 5.02 Å². The van der Waals surface area contributed by atoms with Crippen molar-refractivity contribution in [2.45, 2.75) is 12.5 Å². The standard InChI is InChI=1S/C13H14ClNO4S/c14-11-5-2-1-4-10(11)7-9-20(18,19)15-8-3-6-12(15)13(16)17/h1-6,12H,7-9H2,(H,16,17). The smallest absolute Gasteiger partial charge is 0.325 e. The van der Waals surface area contributed by atoms with Crippen LogP contribution >= 0.6 is 11.6 Å². The Balaban J connectivity index is 2.09. The molecular weight excluding hydrogens is 302 g/mol. The summed E-state index contributed by atoms with van der Waals surface area (Å²) < 4.78 is 25.4. The van der Waals surface area contributed by atoms with E-state index < -0.39 is 22.0 Å². The first-order chi connectivity index (χ1) is 9.42. The van der Waals surface area contributed by atoms with Crippen molar-refractivity contribution < 1.29 is 18.3 Å². The number of rotatable bonds is 5. The molecule has 1 aliphatic heterocycles. The van der Waals surface area contributed by atoms with Crippen LogP contribution in [0.15, 0.2) is 36.4 Å². The van der Waals surface area contributed by atoms with Crippen molar-refractivity contribution in [3.05, 3.63) is 47.0 Å². The molecular formula is C13H14ClNO4S. The molecule has 0 fully saturated rings. The molecule has 1 aromatic rings. The number of nitrogens with zero attached hydrogens (tertiary/aromatic N) is 1. The van der Waals surface area contributed by atoms with E-state index in [4.69, 9.17) is 16.7 Å². The van der Waals surface area contributed by atoms with Gasteiger partial charge in [0.1, 0.15) is 6.04 Å². The van der Waals surface area contributed by atoms with Crippen molar-refractivity contribution in [1.29, 1.82) is 0 Å². The van der Waals surface area contributed by atoms with Gasteiger partial charge in [-0.2, -0.15) is 4.31 Å². The molecule has 0 aliphatic carbocycles. The molecule has 1 aromatic carbocycles. The lowest BCUT2D eigenvalue weighted by Crippen LogP contribution is -2.42. The molecule has 1 unspecified atom stereocenters. The van der Waals surface area contributed by atoms with E-state index >= 15 is 0 Å². The van der Waals surface area contributed by atoms with Crippen molar-refractivity contribution in [2.75, 3.05) is 12.3 Å². The first-order valence-electron chi connectivity index (χ1n) is 6.04. The van der Waals surface area contributed by atoms with Crippen molar-refractivity contribution in [3.63, 3.8) is 0 Å². The zero-order valence-electron chi connectivity index (χ0n) is 10.6. The number of aryl methyl sites for hydroxylation is 1. The molecule has 0 saturated carbocycles. The van der Waals surface area contributed by atoms with Crippen molar-refractivity contribution >= 4 is 27.6 Å². The van der Waals surface area contributed by atoms with Crippen LogP contribution in [0.25, 0.3) is 0 Å². The number of carbonyl (C=O) groups is 1. The third-order valence-corrected chi connectivity index (χ3v) is 5.29. The number of sulfonamides is 1. The first-order valence-corrected chi connectivity index (χ1v) is 8.03. The predicted octanol–water partition coefficient (Wildman–Crippen LogP) is 1.54. The zero-order valence-corrected chi connectivity index (χ0v) is 12.1. The van der Waals surface area contributed by atoms with E-state index in [2.05, 4.69) is 0 Å². The lowest BCUT2D eigenvalue weighted by molar-refractivity contribution is -0.139. The van der Waals surface area contributed by atoms with Gasteiger partial charge in [0.2, 0.25) is 10.0 Å². The molecule has 0 bridgehead atoms. The highest BCUT2D eigenvalue weighted by atomic mass is 35.5. The summed E-state index contributed by atoms with van der Waals surface area (Å²) >= 11 is 5.98. The first kappa shape index (κ1) is 15.0. The minimum Gasteiger partial charge on any atom is -0.480 e. The summed E-state index contributed by atoms with van der Waals surface area (Å²) in [5, 5.41) is 9.51. The van der Waals surface area contributed by atoms with Gasteiger partial charge in [-0.25, -0.2) is 8.42 Å². The molecule has 0 spiro atoms. The van der Waals surface area contributed by atoms with E-state index in [1.807, 2.05) is 0 Å². The molecule has 1 N–H and O–H groups in total. The topological polar surface area (TPSA) is 74.7 Å². The lowest BCUT2D eigenvalue weighted by atomic mass is 10.2. The number of hydrogen-bond donors (Lipinski definition) is 1. The summed E-state index contributed by atoms with van der Waals surface area (Å²) in [5.41, 5.74) is 0.733. The molecule has 0 aromatic heterocycles. The van der Waals surface area contributed by atoms with Gasteiger partial charge in [-0.05, 0) is 18.1 Å². The molecule has 7 heteroatoms. The number of halogens is 1. The molecule has 1 atom stereocenters. The number of carboxylic acids is 1. The summed E-state index contributed by atoms with van der Waals surface area (Å²) in [4.78, 5) is 11.0. The maximum atomic E-state index is 12.2. The third kappa shape index (κ3) is 3.20. The van der Waals surface area contributed by atoms with Crippen molar-refractivity contribution in [1.82, 2.24) is 4.31 Å². The molecule has 1 heterocycles. The van der Waals surface area contributed by atoms with Gasteiger partial charge in [0.15, 0.2) is 0 Å². The Morgan fingerprint density at radius 1 is 1.40 bits per heavy atom. The van der Waals surface area contributed by atoms with E-state index in [0.717, 1.165) is 9.87 Å². The Kier molecular flexibility index (Phi) is 4.47. The summed E-state index contributed by atoms with van der Waals surface area (Å²) in [6, 6.07) is 5.90. The Bertz CT molecular complexity index is 642. The van der Waals surface area contributed by atoms with Crippen LogP contribution in [-0.4, -0.2) is 42.1 Å². The molecule has 0 amide bonds. The van der Waals surface area contributed by atoms with Crippen LogP contribution in [0, 0.1) is 0 Å². The van der Waals surface area contributed by atoms with E-state index in [-0.39, 0.29) is 18.7 Å². The van der Waals surface area contributed by atoms with Gasteiger partial charge in [-0.15, -0.1) is 0 Å². The van der Waals surface area contributed by atoms with Crippen LogP contribution in [0.1, 0.15) is 5.56 Å². The van der Waals surface area contributed by atoms with Gasteiger partial charge < -0.3 is 5.11 Å². The highest BCUT2D eigenvalue weighted by Gasteiger charge is 2.35. The average molecular weight is 316 g/mol. The second-order valence-electron chi connectivity index (χ2n) is 4.44. The second-order valence-corrected chi connectivity index (χ2v) is 6.89. The zero-order chi connectivity index (χ0) is 14.8. The minimum absolute atomic E-state index is 0.0990. The predicted molar refractivity (Wildman–Crippen MR) is 76.2 cm³/mol. The molecule has 0 saturated heterocycles. The molecule has 0 radical (unpaired) electrons. The molecule has 1 aliphatic rings. The summed E-state index contributed by atoms with van der Waals surface area (Å²) in [6.07, 6.45) is 3.19. The SMILES string of the molecule is O=C(O)C1C=CCN1S(=O)(=O)CCc1ccccc1Cl. The fourth-order valence-electron chi connectivity index (χ4n) is 2.05. The molecule has 108 valence electrons. The maximum absolute atomic E-state index is 12.2. The second kappa shape index (κ2) is 5.95. The molecule has 20 heavy (non-hydrogen) atoms. The van der Waals surface area contributed by atoms with Crippen LogP contribution in [0.4, 0.5) is 0 Å². The van der Waals surface area contributed by atoms with Crippen LogP contribution < -0.4 is 0 Å². The average Bonchev–Trinajstić information content (AvgIpc) is 2.88. The minimum atomic E-state index is -3.64. The largest absolute Gasteiger partial charge is 0.480 e.